The fourth-order valence-electron chi connectivity index (χ4n) is 3.67. The van der Waals surface area contributed by atoms with Crippen molar-refractivity contribution in [2.75, 3.05) is 19.7 Å². The Morgan fingerprint density at radius 2 is 1.97 bits per heavy atom. The molecule has 1 saturated heterocycles. The van der Waals surface area contributed by atoms with Crippen LogP contribution in [0.3, 0.4) is 0 Å². The summed E-state index contributed by atoms with van der Waals surface area (Å²) in [6.45, 7) is 3.41. The third-order valence-corrected chi connectivity index (χ3v) is 5.62. The van der Waals surface area contributed by atoms with E-state index in [1.54, 1.807) is 6.20 Å². The van der Waals surface area contributed by atoms with Gasteiger partial charge in [0.25, 0.3) is 5.91 Å². The molecule has 0 unspecified atom stereocenters. The SMILES string of the molecule is Cc1ccc(OCC(=O)N2CCC[C@H](c3ncc(Cc4ccc(Cl)cc4)o3)C2)cc1. The molecule has 2 heterocycles. The molecule has 1 aliphatic rings. The number of carbonyl (C=O) groups is 1. The summed E-state index contributed by atoms with van der Waals surface area (Å²) >= 11 is 5.95. The lowest BCUT2D eigenvalue weighted by molar-refractivity contribution is -0.134. The van der Waals surface area contributed by atoms with Crippen LogP contribution in [0.5, 0.6) is 5.75 Å². The van der Waals surface area contributed by atoms with Crippen molar-refractivity contribution in [3.05, 3.63) is 82.5 Å². The highest BCUT2D eigenvalue weighted by Gasteiger charge is 2.28. The second-order valence-electron chi connectivity index (χ2n) is 7.75. The molecule has 30 heavy (non-hydrogen) atoms. The molecule has 0 N–H and O–H groups in total. The van der Waals surface area contributed by atoms with Crippen molar-refractivity contribution in [3.8, 4) is 5.75 Å². The van der Waals surface area contributed by atoms with E-state index in [0.717, 1.165) is 41.3 Å². The lowest BCUT2D eigenvalue weighted by Crippen LogP contribution is -2.41. The molecule has 0 saturated carbocycles. The van der Waals surface area contributed by atoms with Crippen LogP contribution in [0, 0.1) is 6.92 Å². The van der Waals surface area contributed by atoms with Crippen LogP contribution in [-0.2, 0) is 11.2 Å². The monoisotopic (exact) mass is 424 g/mol. The van der Waals surface area contributed by atoms with Gasteiger partial charge in [0.1, 0.15) is 11.5 Å². The minimum absolute atomic E-state index is 0.00628. The Kier molecular flexibility index (Phi) is 6.38. The second kappa shape index (κ2) is 9.35. The van der Waals surface area contributed by atoms with E-state index in [0.29, 0.717) is 24.6 Å². The van der Waals surface area contributed by atoms with Crippen molar-refractivity contribution >= 4 is 17.5 Å². The van der Waals surface area contributed by atoms with E-state index in [1.165, 1.54) is 0 Å². The van der Waals surface area contributed by atoms with Crippen molar-refractivity contribution < 1.29 is 13.9 Å². The van der Waals surface area contributed by atoms with Gasteiger partial charge in [0, 0.05) is 24.5 Å². The number of oxazole rings is 1. The molecule has 0 radical (unpaired) electrons. The number of amides is 1. The number of hydrogen-bond donors (Lipinski definition) is 0. The molecule has 6 heteroatoms. The Morgan fingerprint density at radius 3 is 2.73 bits per heavy atom. The van der Waals surface area contributed by atoms with E-state index in [1.807, 2.05) is 60.4 Å². The van der Waals surface area contributed by atoms with Crippen LogP contribution in [-0.4, -0.2) is 35.5 Å². The van der Waals surface area contributed by atoms with E-state index < -0.39 is 0 Å². The molecule has 0 spiro atoms. The predicted molar refractivity (Wildman–Crippen MR) is 116 cm³/mol. The van der Waals surface area contributed by atoms with Gasteiger partial charge in [-0.1, -0.05) is 41.4 Å². The molecule has 1 atom stereocenters. The number of aryl methyl sites for hydroxylation is 1. The summed E-state index contributed by atoms with van der Waals surface area (Å²) in [6, 6.07) is 15.4. The summed E-state index contributed by atoms with van der Waals surface area (Å²) in [5.74, 6) is 2.34. The molecule has 1 aromatic heterocycles. The minimum Gasteiger partial charge on any atom is -0.484 e. The van der Waals surface area contributed by atoms with Gasteiger partial charge in [0.15, 0.2) is 12.5 Å². The summed E-state index contributed by atoms with van der Waals surface area (Å²) in [5.41, 5.74) is 2.28. The Bertz CT molecular complexity index is 982. The summed E-state index contributed by atoms with van der Waals surface area (Å²) in [7, 11) is 0. The van der Waals surface area contributed by atoms with Gasteiger partial charge in [-0.25, -0.2) is 4.98 Å². The fourth-order valence-corrected chi connectivity index (χ4v) is 3.80. The molecular weight excluding hydrogens is 400 g/mol. The Labute approximate surface area is 181 Å². The fraction of sp³-hybridized carbons (Fsp3) is 0.333. The van der Waals surface area contributed by atoms with Crippen LogP contribution in [0.2, 0.25) is 5.02 Å². The number of ether oxygens (including phenoxy) is 1. The number of piperidine rings is 1. The maximum atomic E-state index is 12.6. The van der Waals surface area contributed by atoms with E-state index in [2.05, 4.69) is 4.98 Å². The highest BCUT2D eigenvalue weighted by molar-refractivity contribution is 6.30. The number of carbonyl (C=O) groups excluding carboxylic acids is 1. The number of aromatic nitrogens is 1. The van der Waals surface area contributed by atoms with Crippen molar-refractivity contribution in [3.63, 3.8) is 0 Å². The molecular formula is C24H25ClN2O3. The second-order valence-corrected chi connectivity index (χ2v) is 8.19. The predicted octanol–water partition coefficient (Wildman–Crippen LogP) is 5.01. The Balaban J connectivity index is 1.33. The molecule has 0 bridgehead atoms. The normalized spacial score (nSPS) is 16.5. The number of nitrogens with zero attached hydrogens (tertiary/aromatic N) is 2. The van der Waals surface area contributed by atoms with Gasteiger partial charge in [-0.15, -0.1) is 0 Å². The van der Waals surface area contributed by atoms with Crippen LogP contribution < -0.4 is 4.74 Å². The molecule has 1 amide bonds. The average molecular weight is 425 g/mol. The van der Waals surface area contributed by atoms with Crippen LogP contribution in [0.4, 0.5) is 0 Å². The molecule has 156 valence electrons. The zero-order chi connectivity index (χ0) is 20.9. The van der Waals surface area contributed by atoms with Gasteiger partial charge in [0.05, 0.1) is 12.1 Å². The van der Waals surface area contributed by atoms with E-state index >= 15 is 0 Å². The van der Waals surface area contributed by atoms with Crippen molar-refractivity contribution in [1.82, 2.24) is 9.88 Å². The quantitative estimate of drug-likeness (QED) is 0.558. The Hall–Kier alpha value is -2.79. The topological polar surface area (TPSA) is 55.6 Å². The number of rotatable bonds is 6. The van der Waals surface area contributed by atoms with E-state index in [4.69, 9.17) is 20.8 Å². The molecule has 5 nitrogen and oxygen atoms in total. The first kappa shape index (κ1) is 20.5. The third kappa shape index (κ3) is 5.22. The maximum Gasteiger partial charge on any atom is 0.260 e. The number of hydrogen-bond acceptors (Lipinski definition) is 4. The summed E-state index contributed by atoms with van der Waals surface area (Å²) < 4.78 is 11.7. The minimum atomic E-state index is -0.00628. The first-order valence-corrected chi connectivity index (χ1v) is 10.6. The van der Waals surface area contributed by atoms with Crippen LogP contribution >= 0.6 is 11.6 Å². The summed E-state index contributed by atoms with van der Waals surface area (Å²) in [5, 5.41) is 0.718. The van der Waals surface area contributed by atoms with E-state index in [9.17, 15) is 4.79 Å². The van der Waals surface area contributed by atoms with E-state index in [-0.39, 0.29) is 18.4 Å². The van der Waals surface area contributed by atoms with Crippen LogP contribution in [0.15, 0.2) is 59.1 Å². The lowest BCUT2D eigenvalue weighted by Gasteiger charge is -2.31. The summed E-state index contributed by atoms with van der Waals surface area (Å²) in [6.07, 6.45) is 4.34. The third-order valence-electron chi connectivity index (χ3n) is 5.37. The van der Waals surface area contributed by atoms with Crippen LogP contribution in [0.1, 0.15) is 41.5 Å². The smallest absolute Gasteiger partial charge is 0.260 e. The van der Waals surface area contributed by atoms with Crippen LogP contribution in [0.25, 0.3) is 0 Å². The number of halogens is 1. The highest BCUT2D eigenvalue weighted by Crippen LogP contribution is 2.27. The number of benzene rings is 2. The maximum absolute atomic E-state index is 12.6. The van der Waals surface area contributed by atoms with Gasteiger partial charge in [-0.3, -0.25) is 4.79 Å². The highest BCUT2D eigenvalue weighted by atomic mass is 35.5. The van der Waals surface area contributed by atoms with Gasteiger partial charge in [-0.2, -0.15) is 0 Å². The zero-order valence-electron chi connectivity index (χ0n) is 17.0. The standard InChI is InChI=1S/C24H25ClN2O3/c1-17-4-10-21(11-5-17)29-16-23(28)27-12-2-3-19(15-27)24-26-14-22(30-24)13-18-6-8-20(25)9-7-18/h4-11,14,19H,2-3,12-13,15-16H2,1H3/t19-/m0/s1. The molecule has 1 fully saturated rings. The van der Waals surface area contributed by atoms with Gasteiger partial charge in [-0.05, 0) is 49.6 Å². The Morgan fingerprint density at radius 1 is 1.20 bits per heavy atom. The average Bonchev–Trinajstić information content (AvgIpc) is 3.23. The molecule has 2 aromatic carbocycles. The van der Waals surface area contributed by atoms with Crippen molar-refractivity contribution in [2.45, 2.75) is 32.1 Å². The van der Waals surface area contributed by atoms with Crippen molar-refractivity contribution in [1.29, 1.82) is 0 Å². The zero-order valence-corrected chi connectivity index (χ0v) is 17.8. The summed E-state index contributed by atoms with van der Waals surface area (Å²) in [4.78, 5) is 19.0. The molecule has 0 aliphatic carbocycles. The lowest BCUT2D eigenvalue weighted by atomic mass is 9.98. The number of likely N-dealkylation sites (tertiary alicyclic amines) is 1. The molecule has 1 aliphatic heterocycles. The first-order valence-electron chi connectivity index (χ1n) is 10.2. The molecule has 4 rings (SSSR count). The van der Waals surface area contributed by atoms with Gasteiger partial charge >= 0.3 is 0 Å². The van der Waals surface area contributed by atoms with Crippen molar-refractivity contribution in [2.24, 2.45) is 0 Å². The van der Waals surface area contributed by atoms with Gasteiger partial charge < -0.3 is 14.1 Å². The first-order chi connectivity index (χ1) is 14.6. The molecule has 3 aromatic rings. The largest absolute Gasteiger partial charge is 0.484 e. The van der Waals surface area contributed by atoms with Gasteiger partial charge in [0.2, 0.25) is 0 Å².